The number of nitrogens with zero attached hydrogens (tertiary/aromatic N) is 1. The van der Waals surface area contributed by atoms with Gasteiger partial charge >= 0.3 is 0 Å². The van der Waals surface area contributed by atoms with Crippen LogP contribution in [0.2, 0.25) is 0 Å². The van der Waals surface area contributed by atoms with Gasteiger partial charge in [0.1, 0.15) is 0 Å². The molecule has 0 saturated carbocycles. The average molecular weight is 261 g/mol. The van der Waals surface area contributed by atoms with Crippen molar-refractivity contribution in [2.24, 2.45) is 0 Å². The molecule has 0 fully saturated rings. The van der Waals surface area contributed by atoms with E-state index in [0.717, 1.165) is 31.5 Å². The second kappa shape index (κ2) is 6.85. The molecular weight excluding hydrogens is 234 g/mol. The van der Waals surface area contributed by atoms with Gasteiger partial charge in [-0.2, -0.15) is 0 Å². The summed E-state index contributed by atoms with van der Waals surface area (Å²) in [5.74, 6) is 0.217. The maximum Gasteiger partial charge on any atom is 0.182 e. The van der Waals surface area contributed by atoms with Gasteiger partial charge in [0.2, 0.25) is 0 Å². The maximum atomic E-state index is 12.7. The van der Waals surface area contributed by atoms with Gasteiger partial charge in [-0.15, -0.1) is 0 Å². The lowest BCUT2D eigenvalue weighted by molar-refractivity contribution is 0.0639. The molecule has 19 heavy (non-hydrogen) atoms. The molecule has 0 aliphatic rings. The fourth-order valence-corrected chi connectivity index (χ4v) is 2.41. The number of benzene rings is 1. The summed E-state index contributed by atoms with van der Waals surface area (Å²) in [5, 5.41) is 0. The van der Waals surface area contributed by atoms with E-state index in [-0.39, 0.29) is 5.78 Å². The zero-order chi connectivity index (χ0) is 14.5. The number of aryl methyl sites for hydroxylation is 1. The zero-order valence-electron chi connectivity index (χ0n) is 13.0. The number of carbonyl (C=O) groups excluding carboxylic acids is 1. The van der Waals surface area contributed by atoms with Crippen LogP contribution in [0.5, 0.6) is 0 Å². The van der Waals surface area contributed by atoms with Crippen LogP contribution in [0.4, 0.5) is 0 Å². The van der Waals surface area contributed by atoms with E-state index in [4.69, 9.17) is 0 Å². The number of hydrogen-bond acceptors (Lipinski definition) is 2. The lowest BCUT2D eigenvalue weighted by Crippen LogP contribution is -2.50. The number of ketones is 1. The predicted octanol–water partition coefficient (Wildman–Crippen LogP) is 4.08. The van der Waals surface area contributed by atoms with E-state index in [1.807, 2.05) is 45.0 Å². The van der Waals surface area contributed by atoms with Crippen molar-refractivity contribution in [2.75, 3.05) is 13.1 Å². The molecule has 0 radical (unpaired) electrons. The van der Waals surface area contributed by atoms with Crippen LogP contribution in [0.15, 0.2) is 24.3 Å². The van der Waals surface area contributed by atoms with Crippen LogP contribution < -0.4 is 0 Å². The molecule has 2 nitrogen and oxygen atoms in total. The number of rotatable bonds is 7. The van der Waals surface area contributed by atoms with Crippen molar-refractivity contribution >= 4 is 5.78 Å². The second-order valence-electron chi connectivity index (χ2n) is 5.74. The molecule has 0 aliphatic carbocycles. The van der Waals surface area contributed by atoms with Crippen molar-refractivity contribution in [1.29, 1.82) is 0 Å². The van der Waals surface area contributed by atoms with Crippen LogP contribution in [0.25, 0.3) is 0 Å². The molecule has 0 N–H and O–H groups in total. The number of hydrogen-bond donors (Lipinski definition) is 0. The Balaban J connectivity index is 2.95. The predicted molar refractivity (Wildman–Crippen MR) is 81.7 cm³/mol. The molecule has 1 aromatic carbocycles. The average Bonchev–Trinajstić information content (AvgIpc) is 2.38. The highest BCUT2D eigenvalue weighted by molar-refractivity contribution is 6.02. The highest BCUT2D eigenvalue weighted by Crippen LogP contribution is 2.21. The lowest BCUT2D eigenvalue weighted by atomic mass is 9.90. The first kappa shape index (κ1) is 15.9. The summed E-state index contributed by atoms with van der Waals surface area (Å²) in [6.07, 6.45) is 2.15. The Hall–Kier alpha value is -1.15. The first-order valence-electron chi connectivity index (χ1n) is 7.30. The van der Waals surface area contributed by atoms with Gasteiger partial charge in [-0.25, -0.2) is 0 Å². The maximum absolute atomic E-state index is 12.7. The second-order valence-corrected chi connectivity index (χ2v) is 5.74. The van der Waals surface area contributed by atoms with Crippen LogP contribution in [0.1, 0.15) is 56.5 Å². The van der Waals surface area contributed by atoms with Crippen LogP contribution in [0.3, 0.4) is 0 Å². The number of carbonyl (C=O) groups is 1. The summed E-state index contributed by atoms with van der Waals surface area (Å²) in [6, 6.07) is 7.89. The smallest absolute Gasteiger partial charge is 0.182 e. The van der Waals surface area contributed by atoms with Crippen LogP contribution in [-0.4, -0.2) is 29.3 Å². The van der Waals surface area contributed by atoms with Crippen molar-refractivity contribution in [3.63, 3.8) is 0 Å². The SMILES string of the molecule is CCCN(CCC)C(C)(C)C(=O)c1ccc(C)cc1. The van der Waals surface area contributed by atoms with Crippen LogP contribution in [0, 0.1) is 6.92 Å². The van der Waals surface area contributed by atoms with E-state index in [9.17, 15) is 4.79 Å². The van der Waals surface area contributed by atoms with Gasteiger partial charge in [-0.05, 0) is 46.7 Å². The lowest BCUT2D eigenvalue weighted by Gasteiger charge is -2.37. The van der Waals surface area contributed by atoms with Crippen molar-refractivity contribution in [3.8, 4) is 0 Å². The van der Waals surface area contributed by atoms with E-state index < -0.39 is 5.54 Å². The Morgan fingerprint density at radius 3 is 1.95 bits per heavy atom. The minimum absolute atomic E-state index is 0.217. The van der Waals surface area contributed by atoms with Gasteiger partial charge in [0.15, 0.2) is 5.78 Å². The fraction of sp³-hybridized carbons (Fsp3) is 0.588. The van der Waals surface area contributed by atoms with Crippen molar-refractivity contribution in [2.45, 2.75) is 53.0 Å². The Morgan fingerprint density at radius 1 is 1.05 bits per heavy atom. The molecule has 1 aromatic rings. The van der Waals surface area contributed by atoms with Gasteiger partial charge in [0.05, 0.1) is 5.54 Å². The molecule has 0 bridgehead atoms. The van der Waals surface area contributed by atoms with Gasteiger partial charge in [-0.1, -0.05) is 43.7 Å². The molecule has 106 valence electrons. The molecule has 0 amide bonds. The molecule has 2 heteroatoms. The summed E-state index contributed by atoms with van der Waals surface area (Å²) < 4.78 is 0. The third-order valence-electron chi connectivity index (χ3n) is 3.65. The Morgan fingerprint density at radius 2 is 1.53 bits per heavy atom. The molecule has 0 aliphatic heterocycles. The third kappa shape index (κ3) is 3.90. The Kier molecular flexibility index (Phi) is 5.74. The van der Waals surface area contributed by atoms with E-state index >= 15 is 0 Å². The topological polar surface area (TPSA) is 20.3 Å². The summed E-state index contributed by atoms with van der Waals surface area (Å²) in [5.41, 5.74) is 1.57. The Bertz CT molecular complexity index is 400. The molecule has 1 rings (SSSR count). The van der Waals surface area contributed by atoms with Gasteiger partial charge < -0.3 is 0 Å². The van der Waals surface area contributed by atoms with E-state index in [1.165, 1.54) is 5.56 Å². The van der Waals surface area contributed by atoms with Crippen LogP contribution in [-0.2, 0) is 0 Å². The molecule has 0 aromatic heterocycles. The standard InChI is InChI=1S/C17H27NO/c1-6-12-18(13-7-2)17(4,5)16(19)15-10-8-14(3)9-11-15/h8-11H,6-7,12-13H2,1-5H3. The van der Waals surface area contributed by atoms with E-state index in [0.29, 0.717) is 0 Å². The third-order valence-corrected chi connectivity index (χ3v) is 3.65. The summed E-state index contributed by atoms with van der Waals surface area (Å²) in [4.78, 5) is 15.0. The van der Waals surface area contributed by atoms with Gasteiger partial charge in [0.25, 0.3) is 0 Å². The van der Waals surface area contributed by atoms with Gasteiger partial charge in [0, 0.05) is 5.56 Å². The first-order chi connectivity index (χ1) is 8.93. The highest BCUT2D eigenvalue weighted by Gasteiger charge is 2.34. The van der Waals surface area contributed by atoms with Crippen molar-refractivity contribution in [3.05, 3.63) is 35.4 Å². The quantitative estimate of drug-likeness (QED) is 0.689. The van der Waals surface area contributed by atoms with E-state index in [2.05, 4.69) is 18.7 Å². The van der Waals surface area contributed by atoms with Crippen LogP contribution >= 0.6 is 0 Å². The zero-order valence-corrected chi connectivity index (χ0v) is 13.0. The molecule has 0 heterocycles. The normalized spacial score (nSPS) is 11.9. The first-order valence-corrected chi connectivity index (χ1v) is 7.30. The largest absolute Gasteiger partial charge is 0.292 e. The van der Waals surface area contributed by atoms with Gasteiger partial charge in [-0.3, -0.25) is 9.69 Å². The summed E-state index contributed by atoms with van der Waals surface area (Å²) in [7, 11) is 0. The Labute approximate surface area is 117 Å². The molecule has 0 spiro atoms. The van der Waals surface area contributed by atoms with E-state index in [1.54, 1.807) is 0 Å². The monoisotopic (exact) mass is 261 g/mol. The van der Waals surface area contributed by atoms with Crippen molar-refractivity contribution in [1.82, 2.24) is 4.90 Å². The highest BCUT2D eigenvalue weighted by atomic mass is 16.1. The molecular formula is C17H27NO. The summed E-state index contributed by atoms with van der Waals surface area (Å²) >= 11 is 0. The minimum Gasteiger partial charge on any atom is -0.292 e. The summed E-state index contributed by atoms with van der Waals surface area (Å²) in [6.45, 7) is 12.4. The molecule has 0 atom stereocenters. The minimum atomic E-state index is -0.429. The molecule has 0 unspecified atom stereocenters. The van der Waals surface area contributed by atoms with Crippen molar-refractivity contribution < 1.29 is 4.79 Å². The fourth-order valence-electron chi connectivity index (χ4n) is 2.41. The number of Topliss-reactive ketones (excluding diaryl/α,β-unsaturated/α-hetero) is 1. The molecule has 0 saturated heterocycles.